The number of nitrogens with zero attached hydrogens (tertiary/aromatic N) is 4. The summed E-state index contributed by atoms with van der Waals surface area (Å²) in [5.41, 5.74) is 2.45. The third-order valence-electron chi connectivity index (χ3n) is 6.49. The fraction of sp³-hybridized carbons (Fsp3) is 0.370. The number of carbonyl (C=O) groups excluding carboxylic acids is 1. The van der Waals surface area contributed by atoms with Crippen molar-refractivity contribution in [3.63, 3.8) is 0 Å². The summed E-state index contributed by atoms with van der Waals surface area (Å²) in [5.74, 6) is -0.711. The molecule has 1 saturated heterocycles. The largest absolute Gasteiger partial charge is 0.366 e. The predicted molar refractivity (Wildman–Crippen MR) is 134 cm³/mol. The number of anilines is 3. The van der Waals surface area contributed by atoms with Gasteiger partial charge in [-0.25, -0.2) is 18.3 Å². The molecule has 1 aliphatic rings. The summed E-state index contributed by atoms with van der Waals surface area (Å²) in [6.07, 6.45) is 5.91. The summed E-state index contributed by atoms with van der Waals surface area (Å²) in [5, 5.41) is 2.87. The van der Waals surface area contributed by atoms with Crippen LogP contribution in [-0.2, 0) is 13.5 Å². The Hall–Kier alpha value is -3.55. The van der Waals surface area contributed by atoms with Gasteiger partial charge in [0.2, 0.25) is 6.20 Å². The summed E-state index contributed by atoms with van der Waals surface area (Å²) < 4.78 is 30.8. The van der Waals surface area contributed by atoms with Crippen molar-refractivity contribution in [1.29, 1.82) is 0 Å². The Balaban J connectivity index is 1.61. The van der Waals surface area contributed by atoms with Crippen LogP contribution in [0.3, 0.4) is 0 Å². The Bertz CT molecular complexity index is 1220. The molecule has 1 aliphatic heterocycles. The Morgan fingerprint density at radius 3 is 2.43 bits per heavy atom. The van der Waals surface area contributed by atoms with Crippen LogP contribution in [-0.4, -0.2) is 37.1 Å². The van der Waals surface area contributed by atoms with Crippen LogP contribution in [0.1, 0.15) is 48.2 Å². The summed E-state index contributed by atoms with van der Waals surface area (Å²) in [6.45, 7) is 8.96. The predicted octanol–water partition coefficient (Wildman–Crippen LogP) is 4.45. The molecule has 35 heavy (non-hydrogen) atoms. The molecule has 4 rings (SSSR count). The number of piperazine rings is 1. The Morgan fingerprint density at radius 2 is 1.77 bits per heavy atom. The Labute approximate surface area is 205 Å². The van der Waals surface area contributed by atoms with Crippen molar-refractivity contribution < 1.29 is 18.1 Å². The number of halogens is 2. The van der Waals surface area contributed by atoms with Gasteiger partial charge in [-0.2, -0.15) is 0 Å². The van der Waals surface area contributed by atoms with E-state index < -0.39 is 17.5 Å². The molecule has 0 atom stereocenters. The maximum atomic E-state index is 14.6. The van der Waals surface area contributed by atoms with Crippen LogP contribution in [0.5, 0.6) is 0 Å². The molecule has 1 aromatic heterocycles. The fourth-order valence-corrected chi connectivity index (χ4v) is 4.46. The van der Waals surface area contributed by atoms with E-state index in [4.69, 9.17) is 0 Å². The van der Waals surface area contributed by atoms with Crippen molar-refractivity contribution in [2.45, 2.75) is 33.1 Å². The van der Waals surface area contributed by atoms with Crippen LogP contribution in [0.15, 0.2) is 48.9 Å². The van der Waals surface area contributed by atoms with Gasteiger partial charge < -0.3 is 15.1 Å². The van der Waals surface area contributed by atoms with Gasteiger partial charge in [0.15, 0.2) is 12.0 Å². The van der Waals surface area contributed by atoms with E-state index in [1.54, 1.807) is 13.1 Å². The van der Waals surface area contributed by atoms with Gasteiger partial charge in [0.05, 0.1) is 23.1 Å². The Kier molecular flexibility index (Phi) is 7.28. The van der Waals surface area contributed by atoms with E-state index in [1.165, 1.54) is 0 Å². The second-order valence-electron chi connectivity index (χ2n) is 9.18. The second-order valence-corrected chi connectivity index (χ2v) is 9.18. The zero-order valence-corrected chi connectivity index (χ0v) is 20.7. The minimum Gasteiger partial charge on any atom is -0.366 e. The Morgan fingerprint density at radius 1 is 1.09 bits per heavy atom. The molecular weight excluding hydrogens is 448 g/mol. The molecule has 3 aromatic rings. The molecule has 6 nitrogen and oxygen atoms in total. The number of aryl methyl sites for hydroxylation is 1. The van der Waals surface area contributed by atoms with Crippen LogP contribution in [0.25, 0.3) is 0 Å². The molecule has 0 radical (unpaired) electrons. The zero-order valence-electron chi connectivity index (χ0n) is 20.7. The minimum absolute atomic E-state index is 0.0833. The molecule has 2 aromatic carbocycles. The van der Waals surface area contributed by atoms with Crippen LogP contribution in [0.4, 0.5) is 26.0 Å². The number of carbonyl (C=O) groups is 1. The molecule has 184 valence electrons. The SMILES string of the molecule is CCc1c(F)ccc(F)c1C(=O)Nc1ccc(C(C)C)cc1N1CCN(c2c[n+](C)ccn2)CC1. The first-order chi connectivity index (χ1) is 16.8. The molecule has 0 spiro atoms. The van der Waals surface area contributed by atoms with Crippen molar-refractivity contribution in [2.24, 2.45) is 7.05 Å². The molecule has 8 heteroatoms. The van der Waals surface area contributed by atoms with Crippen molar-refractivity contribution >= 4 is 23.1 Å². The molecule has 0 saturated carbocycles. The molecule has 1 amide bonds. The molecule has 2 heterocycles. The number of nitrogens with one attached hydrogen (secondary N) is 1. The summed E-state index contributed by atoms with van der Waals surface area (Å²) in [6, 6.07) is 7.98. The average molecular weight is 481 g/mol. The van der Waals surface area contributed by atoms with Gasteiger partial charge in [-0.15, -0.1) is 0 Å². The van der Waals surface area contributed by atoms with E-state index in [1.807, 2.05) is 36.1 Å². The van der Waals surface area contributed by atoms with E-state index in [0.717, 1.165) is 55.4 Å². The molecule has 1 N–H and O–H groups in total. The molecule has 0 aliphatic carbocycles. The van der Waals surface area contributed by atoms with Gasteiger partial charge in [-0.3, -0.25) is 4.79 Å². The lowest BCUT2D eigenvalue weighted by molar-refractivity contribution is -0.671. The highest BCUT2D eigenvalue weighted by Crippen LogP contribution is 2.32. The van der Waals surface area contributed by atoms with Crippen molar-refractivity contribution in [3.8, 4) is 0 Å². The first kappa shape index (κ1) is 24.6. The van der Waals surface area contributed by atoms with Crippen molar-refractivity contribution in [3.05, 3.63) is 77.2 Å². The molecule has 1 fully saturated rings. The smallest absolute Gasteiger partial charge is 0.259 e. The number of hydrogen-bond donors (Lipinski definition) is 1. The minimum atomic E-state index is -0.724. The van der Waals surface area contributed by atoms with E-state index in [0.29, 0.717) is 11.6 Å². The fourth-order valence-electron chi connectivity index (χ4n) is 4.46. The second kappa shape index (κ2) is 10.4. The van der Waals surface area contributed by atoms with Gasteiger partial charge in [0, 0.05) is 31.7 Å². The third kappa shape index (κ3) is 5.26. The normalized spacial score (nSPS) is 13.9. The molecule has 0 unspecified atom stereocenters. The topological polar surface area (TPSA) is 52.4 Å². The monoisotopic (exact) mass is 480 g/mol. The summed E-state index contributed by atoms with van der Waals surface area (Å²) in [4.78, 5) is 22.1. The molecular formula is C27H32F2N5O+. The van der Waals surface area contributed by atoms with E-state index in [2.05, 4.69) is 40.0 Å². The van der Waals surface area contributed by atoms with Crippen molar-refractivity contribution in [2.75, 3.05) is 41.3 Å². The standard InChI is InChI=1S/C27H31F2N5O/c1-5-20-21(28)7-8-22(29)26(20)27(35)31-23-9-6-19(18(2)3)16-24(23)33-12-14-34(15-13-33)25-17-32(4)11-10-30-25/h6-11,16-18H,5,12-15H2,1-4H3/p+1. The van der Waals surface area contributed by atoms with E-state index in [-0.39, 0.29) is 17.5 Å². The van der Waals surface area contributed by atoms with E-state index in [9.17, 15) is 13.6 Å². The first-order valence-corrected chi connectivity index (χ1v) is 12.0. The van der Waals surface area contributed by atoms with Crippen LogP contribution >= 0.6 is 0 Å². The van der Waals surface area contributed by atoms with E-state index >= 15 is 0 Å². The average Bonchev–Trinajstić information content (AvgIpc) is 2.85. The quantitative estimate of drug-likeness (QED) is 0.530. The highest BCUT2D eigenvalue weighted by Gasteiger charge is 2.25. The number of amides is 1. The van der Waals surface area contributed by atoms with Crippen molar-refractivity contribution in [1.82, 2.24) is 4.98 Å². The molecule has 0 bridgehead atoms. The number of rotatable bonds is 6. The third-order valence-corrected chi connectivity index (χ3v) is 6.49. The lowest BCUT2D eigenvalue weighted by Gasteiger charge is -2.37. The number of benzene rings is 2. The number of aromatic nitrogens is 2. The highest BCUT2D eigenvalue weighted by molar-refractivity contribution is 6.07. The summed E-state index contributed by atoms with van der Waals surface area (Å²) in [7, 11) is 1.97. The lowest BCUT2D eigenvalue weighted by atomic mass is 10.0. The van der Waals surface area contributed by atoms with Crippen LogP contribution < -0.4 is 19.7 Å². The highest BCUT2D eigenvalue weighted by atomic mass is 19.1. The maximum absolute atomic E-state index is 14.6. The van der Waals surface area contributed by atoms with Crippen LogP contribution in [0.2, 0.25) is 0 Å². The number of hydrogen-bond acceptors (Lipinski definition) is 4. The maximum Gasteiger partial charge on any atom is 0.259 e. The first-order valence-electron chi connectivity index (χ1n) is 12.0. The van der Waals surface area contributed by atoms with Crippen LogP contribution in [0, 0.1) is 11.6 Å². The summed E-state index contributed by atoms with van der Waals surface area (Å²) >= 11 is 0. The lowest BCUT2D eigenvalue weighted by Crippen LogP contribution is -2.47. The van der Waals surface area contributed by atoms with Gasteiger partial charge in [-0.1, -0.05) is 26.8 Å². The van der Waals surface area contributed by atoms with Gasteiger partial charge >= 0.3 is 0 Å². The van der Waals surface area contributed by atoms with Gasteiger partial charge in [-0.05, 0) is 42.2 Å². The van der Waals surface area contributed by atoms with Gasteiger partial charge in [0.1, 0.15) is 18.7 Å². The zero-order chi connectivity index (χ0) is 25.1. The van der Waals surface area contributed by atoms with Gasteiger partial charge in [0.25, 0.3) is 5.91 Å².